The van der Waals surface area contributed by atoms with Crippen molar-refractivity contribution in [1.82, 2.24) is 24.5 Å². The molecule has 0 saturated carbocycles. The van der Waals surface area contributed by atoms with Gasteiger partial charge in [-0.1, -0.05) is 121 Å². The zero-order valence-electron chi connectivity index (χ0n) is 26.7. The van der Waals surface area contributed by atoms with Gasteiger partial charge in [-0.3, -0.25) is 0 Å². The first-order chi connectivity index (χ1) is 24.8. The molecule has 50 heavy (non-hydrogen) atoms. The van der Waals surface area contributed by atoms with Crippen LogP contribution >= 0.6 is 11.3 Å². The van der Waals surface area contributed by atoms with Crippen molar-refractivity contribution < 1.29 is 0 Å². The number of para-hydroxylation sites is 2. The first-order valence-corrected chi connectivity index (χ1v) is 17.4. The van der Waals surface area contributed by atoms with Gasteiger partial charge in [0.05, 0.1) is 21.3 Å². The van der Waals surface area contributed by atoms with Crippen molar-refractivity contribution in [2.45, 2.75) is 0 Å². The van der Waals surface area contributed by atoms with Gasteiger partial charge in [0.15, 0.2) is 17.5 Å². The van der Waals surface area contributed by atoms with Crippen molar-refractivity contribution in [3.63, 3.8) is 0 Å². The molecule has 0 bridgehead atoms. The minimum absolute atomic E-state index is 0.641. The lowest BCUT2D eigenvalue weighted by molar-refractivity contribution is 1.07. The molecule has 10 aromatic rings. The van der Waals surface area contributed by atoms with Crippen LogP contribution in [0.5, 0.6) is 0 Å². The summed E-state index contributed by atoms with van der Waals surface area (Å²) < 4.78 is 3.57. The van der Waals surface area contributed by atoms with Crippen LogP contribution in [0.1, 0.15) is 0 Å². The highest BCUT2D eigenvalue weighted by molar-refractivity contribution is 7.21. The van der Waals surface area contributed by atoms with E-state index in [-0.39, 0.29) is 0 Å². The van der Waals surface area contributed by atoms with Gasteiger partial charge < -0.3 is 4.57 Å². The number of rotatable bonds is 5. The lowest BCUT2D eigenvalue weighted by Crippen LogP contribution is -2.00. The highest BCUT2D eigenvalue weighted by Gasteiger charge is 2.19. The van der Waals surface area contributed by atoms with Gasteiger partial charge in [-0.05, 0) is 53.2 Å². The molecule has 0 unspecified atom stereocenters. The van der Waals surface area contributed by atoms with Crippen molar-refractivity contribution in [2.75, 3.05) is 0 Å². The molecule has 0 aliphatic carbocycles. The minimum atomic E-state index is 0.641. The quantitative estimate of drug-likeness (QED) is 0.185. The summed E-state index contributed by atoms with van der Waals surface area (Å²) in [6.07, 6.45) is 0. The average Bonchev–Trinajstić information content (AvgIpc) is 3.78. The van der Waals surface area contributed by atoms with E-state index in [9.17, 15) is 0 Å². The summed E-state index contributed by atoms with van der Waals surface area (Å²) in [7, 11) is 0. The summed E-state index contributed by atoms with van der Waals surface area (Å²) in [5, 5.41) is 5.71. The van der Waals surface area contributed by atoms with Gasteiger partial charge in [-0.2, -0.15) is 0 Å². The van der Waals surface area contributed by atoms with E-state index in [1.54, 1.807) is 11.3 Å². The van der Waals surface area contributed by atoms with E-state index in [2.05, 4.69) is 108 Å². The van der Waals surface area contributed by atoms with E-state index in [1.165, 1.54) is 15.5 Å². The maximum absolute atomic E-state index is 5.05. The molecule has 234 valence electrons. The second kappa shape index (κ2) is 11.6. The third-order valence-electron chi connectivity index (χ3n) is 9.26. The maximum atomic E-state index is 5.05. The van der Waals surface area contributed by atoms with Crippen molar-refractivity contribution in [2.24, 2.45) is 0 Å². The van der Waals surface area contributed by atoms with E-state index in [0.29, 0.717) is 17.5 Å². The van der Waals surface area contributed by atoms with Crippen LogP contribution < -0.4 is 0 Å². The Balaban J connectivity index is 1.14. The number of aromatic nitrogens is 5. The Morgan fingerprint density at radius 2 is 1.08 bits per heavy atom. The summed E-state index contributed by atoms with van der Waals surface area (Å²) in [6.45, 7) is 0. The molecule has 0 atom stereocenters. The Bertz CT molecular complexity index is 2780. The highest BCUT2D eigenvalue weighted by Crippen LogP contribution is 2.41. The van der Waals surface area contributed by atoms with E-state index in [0.717, 1.165) is 60.3 Å². The van der Waals surface area contributed by atoms with Crippen molar-refractivity contribution >= 4 is 54.1 Å². The minimum Gasteiger partial charge on any atom is -0.309 e. The Labute approximate surface area is 291 Å². The standard InChI is InChI=1S/C44H27N5S/c1-3-12-29(13-4-1)41-46-42(30-14-5-2-6-15-30)48-43(47-41)31-23-22-28-24-25-33(27-32(28)26-31)49-37-19-9-7-16-34(37)40-35(17-11-20-38(40)49)44-45-36-18-8-10-21-39(36)50-44/h1-27H. The Morgan fingerprint density at radius 1 is 0.440 bits per heavy atom. The van der Waals surface area contributed by atoms with Gasteiger partial charge in [-0.25, -0.2) is 19.9 Å². The Morgan fingerprint density at radius 3 is 1.84 bits per heavy atom. The van der Waals surface area contributed by atoms with Crippen LogP contribution in [0, 0.1) is 0 Å². The average molecular weight is 658 g/mol. The highest BCUT2D eigenvalue weighted by atomic mass is 32.1. The largest absolute Gasteiger partial charge is 0.309 e. The first kappa shape index (κ1) is 28.5. The van der Waals surface area contributed by atoms with E-state index >= 15 is 0 Å². The molecule has 0 spiro atoms. The van der Waals surface area contributed by atoms with Crippen LogP contribution in [0.2, 0.25) is 0 Å². The molecule has 0 amide bonds. The summed E-state index contributed by atoms with van der Waals surface area (Å²) >= 11 is 1.74. The van der Waals surface area contributed by atoms with Crippen LogP contribution in [-0.4, -0.2) is 24.5 Å². The molecule has 0 fully saturated rings. The van der Waals surface area contributed by atoms with Gasteiger partial charge in [0.2, 0.25) is 0 Å². The Kier molecular flexibility index (Phi) is 6.60. The fourth-order valence-corrected chi connectivity index (χ4v) is 7.91. The predicted molar refractivity (Wildman–Crippen MR) is 207 cm³/mol. The lowest BCUT2D eigenvalue weighted by Gasteiger charge is -2.11. The third kappa shape index (κ3) is 4.77. The first-order valence-electron chi connectivity index (χ1n) is 16.6. The topological polar surface area (TPSA) is 56.5 Å². The molecule has 3 heterocycles. The van der Waals surface area contributed by atoms with Crippen molar-refractivity contribution in [3.05, 3.63) is 164 Å². The SMILES string of the molecule is c1ccc(-c2nc(-c3ccccc3)nc(-c3ccc4ccc(-n5c6ccccc6c6c(-c7nc8ccccc8s7)cccc65)cc4c3)n2)cc1. The predicted octanol–water partition coefficient (Wildman–Crippen LogP) is 11.4. The van der Waals surface area contributed by atoms with E-state index in [4.69, 9.17) is 19.9 Å². The number of benzene rings is 7. The molecule has 7 aromatic carbocycles. The van der Waals surface area contributed by atoms with Crippen molar-refractivity contribution in [1.29, 1.82) is 0 Å². The molecule has 6 heteroatoms. The smallest absolute Gasteiger partial charge is 0.164 e. The molecule has 5 nitrogen and oxygen atoms in total. The summed E-state index contributed by atoms with van der Waals surface area (Å²) in [4.78, 5) is 19.9. The fraction of sp³-hybridized carbons (Fsp3) is 0. The fourth-order valence-electron chi connectivity index (χ4n) is 6.91. The van der Waals surface area contributed by atoms with E-state index in [1.807, 2.05) is 60.7 Å². The molecule has 0 aliphatic rings. The lowest BCUT2D eigenvalue weighted by atomic mass is 10.1. The van der Waals surface area contributed by atoms with Gasteiger partial charge >= 0.3 is 0 Å². The monoisotopic (exact) mass is 657 g/mol. The molecular formula is C44H27N5S. The molecule has 3 aromatic heterocycles. The van der Waals surface area contributed by atoms with Crippen LogP contribution in [0.3, 0.4) is 0 Å². The molecule has 0 saturated heterocycles. The Hall–Kier alpha value is -6.50. The third-order valence-corrected chi connectivity index (χ3v) is 10.3. The second-order valence-electron chi connectivity index (χ2n) is 12.3. The van der Waals surface area contributed by atoms with Crippen LogP contribution in [0.4, 0.5) is 0 Å². The normalized spacial score (nSPS) is 11.6. The van der Waals surface area contributed by atoms with Crippen LogP contribution in [-0.2, 0) is 0 Å². The van der Waals surface area contributed by atoms with Crippen molar-refractivity contribution in [3.8, 4) is 50.4 Å². The number of hydrogen-bond acceptors (Lipinski definition) is 5. The molecule has 0 radical (unpaired) electrons. The van der Waals surface area contributed by atoms with Crippen LogP contribution in [0.25, 0.3) is 93.2 Å². The molecule has 0 aliphatic heterocycles. The zero-order chi connectivity index (χ0) is 33.0. The van der Waals surface area contributed by atoms with Gasteiger partial charge in [0.25, 0.3) is 0 Å². The maximum Gasteiger partial charge on any atom is 0.164 e. The summed E-state index contributed by atoms with van der Waals surface area (Å²) in [5.74, 6) is 1.94. The summed E-state index contributed by atoms with van der Waals surface area (Å²) in [5.41, 5.74) is 8.42. The summed E-state index contributed by atoms with van der Waals surface area (Å²) in [6, 6.07) is 56.9. The van der Waals surface area contributed by atoms with E-state index < -0.39 is 0 Å². The molecule has 0 N–H and O–H groups in total. The number of fused-ring (bicyclic) bond motifs is 5. The number of hydrogen-bond donors (Lipinski definition) is 0. The second-order valence-corrected chi connectivity index (χ2v) is 13.4. The van der Waals surface area contributed by atoms with Gasteiger partial charge in [0.1, 0.15) is 5.01 Å². The molecular weight excluding hydrogens is 631 g/mol. The zero-order valence-corrected chi connectivity index (χ0v) is 27.5. The van der Waals surface area contributed by atoms with Gasteiger partial charge in [0, 0.05) is 38.7 Å². The number of nitrogens with zero attached hydrogens (tertiary/aromatic N) is 5. The van der Waals surface area contributed by atoms with Gasteiger partial charge in [-0.15, -0.1) is 11.3 Å². The molecule has 10 rings (SSSR count). The van der Waals surface area contributed by atoms with Crippen LogP contribution in [0.15, 0.2) is 164 Å². The number of thiazole rings is 1.